The minimum Gasteiger partial charge on any atom is -0.426 e. The number of rotatable bonds is 23. The molecule has 1 aliphatic rings. The number of hydrogen-bond donors (Lipinski definition) is 0. The second-order valence-corrected chi connectivity index (χ2v) is 11.6. The van der Waals surface area contributed by atoms with Crippen molar-refractivity contribution in [2.45, 2.75) is 96.3 Å². The molecule has 0 aromatic heterocycles. The fraction of sp³-hybridized carbons (Fsp3) is 0.541. The van der Waals surface area contributed by atoms with Gasteiger partial charge in [-0.15, -0.1) is 13.2 Å². The van der Waals surface area contributed by atoms with Crippen molar-refractivity contribution in [2.24, 2.45) is 11.8 Å². The van der Waals surface area contributed by atoms with Crippen LogP contribution in [0.2, 0.25) is 0 Å². The summed E-state index contributed by atoms with van der Waals surface area (Å²) in [6.45, 7) is 8.93. The highest BCUT2D eigenvalue weighted by molar-refractivity contribution is 5.75. The van der Waals surface area contributed by atoms with E-state index in [0.717, 1.165) is 76.4 Å². The van der Waals surface area contributed by atoms with Gasteiger partial charge in [0.1, 0.15) is 12.4 Å². The van der Waals surface area contributed by atoms with E-state index in [1.807, 2.05) is 30.3 Å². The van der Waals surface area contributed by atoms with Crippen molar-refractivity contribution >= 4 is 5.97 Å². The largest absolute Gasteiger partial charge is 0.426 e. The number of carbonyl (C=O) groups excluding carboxylic acids is 1. The Balaban J connectivity index is 1.22. The summed E-state index contributed by atoms with van der Waals surface area (Å²) in [5.41, 5.74) is 2.59. The van der Waals surface area contributed by atoms with Gasteiger partial charge in [0.05, 0.1) is 19.1 Å². The maximum absolute atomic E-state index is 12.8. The van der Waals surface area contributed by atoms with Crippen molar-refractivity contribution in [2.75, 3.05) is 19.8 Å². The summed E-state index contributed by atoms with van der Waals surface area (Å²) in [7, 11) is 0. The van der Waals surface area contributed by atoms with Gasteiger partial charge >= 0.3 is 5.97 Å². The third kappa shape index (κ3) is 14.9. The summed E-state index contributed by atoms with van der Waals surface area (Å²) in [6, 6.07) is 16.1. The molecule has 0 unspecified atom stereocenters. The van der Waals surface area contributed by atoms with Gasteiger partial charge < -0.3 is 9.62 Å². The summed E-state index contributed by atoms with van der Waals surface area (Å²) >= 11 is 0. The Morgan fingerprint density at radius 1 is 0.674 bits per heavy atom. The summed E-state index contributed by atoms with van der Waals surface area (Å²) in [5.74, 6) is 1.56. The Labute approximate surface area is 259 Å². The van der Waals surface area contributed by atoms with Gasteiger partial charge in [-0.3, -0.25) is 4.79 Å². The van der Waals surface area contributed by atoms with Gasteiger partial charge in [0.2, 0.25) is 0 Å². The van der Waals surface area contributed by atoms with E-state index in [1.165, 1.54) is 36.8 Å². The molecule has 0 saturated heterocycles. The summed E-state index contributed by atoms with van der Waals surface area (Å²) in [4.78, 5) is 33.8. The number of aryl methyl sites for hydroxylation is 2. The average molecular weight is 593 g/mol. The number of ether oxygens (including phenoxy) is 1. The Hall–Kier alpha value is -2.93. The van der Waals surface area contributed by atoms with Crippen LogP contribution in [0.25, 0.3) is 0 Å². The molecule has 0 bridgehead atoms. The van der Waals surface area contributed by atoms with E-state index in [2.05, 4.69) is 37.4 Å². The minimum atomic E-state index is -0.125. The zero-order valence-electron chi connectivity index (χ0n) is 26.0. The quantitative estimate of drug-likeness (QED) is 0.0320. The first-order valence-corrected chi connectivity index (χ1v) is 16.3. The van der Waals surface area contributed by atoms with E-state index in [1.54, 1.807) is 6.08 Å². The van der Waals surface area contributed by atoms with Crippen molar-refractivity contribution in [3.8, 4) is 11.5 Å². The van der Waals surface area contributed by atoms with E-state index in [4.69, 9.17) is 24.3 Å². The van der Waals surface area contributed by atoms with Crippen LogP contribution < -0.4 is 9.62 Å². The summed E-state index contributed by atoms with van der Waals surface area (Å²) in [6.07, 6.45) is 19.7. The molecule has 2 aromatic carbocycles. The Bertz CT molecular complexity index is 1020. The van der Waals surface area contributed by atoms with Crippen molar-refractivity contribution in [3.05, 3.63) is 85.0 Å². The molecule has 1 saturated carbocycles. The zero-order valence-corrected chi connectivity index (χ0v) is 26.0. The molecule has 6 heteroatoms. The van der Waals surface area contributed by atoms with Crippen LogP contribution in [0, 0.1) is 11.8 Å². The van der Waals surface area contributed by atoms with Crippen LogP contribution in [0.15, 0.2) is 73.8 Å². The molecule has 43 heavy (non-hydrogen) atoms. The normalized spacial score (nSPS) is 16.5. The van der Waals surface area contributed by atoms with E-state index >= 15 is 0 Å². The van der Waals surface area contributed by atoms with Gasteiger partial charge in [0.25, 0.3) is 0 Å². The van der Waals surface area contributed by atoms with Gasteiger partial charge in [-0.1, -0.05) is 62.1 Å². The van der Waals surface area contributed by atoms with Crippen LogP contribution >= 0.6 is 0 Å². The van der Waals surface area contributed by atoms with E-state index in [0.29, 0.717) is 31.5 Å². The molecule has 3 rings (SSSR count). The van der Waals surface area contributed by atoms with Gasteiger partial charge in [-0.25, -0.2) is 9.78 Å². The molecular formula is C37H52O6. The number of benzene rings is 2. The molecule has 0 spiro atoms. The molecule has 6 nitrogen and oxygen atoms in total. The molecule has 2 aromatic rings. The fourth-order valence-corrected chi connectivity index (χ4v) is 5.37. The molecule has 1 aliphatic carbocycles. The number of unbranched alkanes of at least 4 members (excludes halogenated alkanes) is 7. The van der Waals surface area contributed by atoms with E-state index in [-0.39, 0.29) is 11.9 Å². The first-order valence-electron chi connectivity index (χ1n) is 16.3. The van der Waals surface area contributed by atoms with E-state index in [9.17, 15) is 4.79 Å². The highest BCUT2D eigenvalue weighted by atomic mass is 17.2. The lowest BCUT2D eigenvalue weighted by Crippen LogP contribution is -2.27. The number of esters is 1. The van der Waals surface area contributed by atoms with E-state index < -0.39 is 0 Å². The summed E-state index contributed by atoms with van der Waals surface area (Å²) in [5, 5.41) is 0. The maximum Gasteiger partial charge on any atom is 0.314 e. The smallest absolute Gasteiger partial charge is 0.314 e. The van der Waals surface area contributed by atoms with Crippen LogP contribution in [-0.2, 0) is 32.3 Å². The van der Waals surface area contributed by atoms with Crippen LogP contribution in [0.1, 0.15) is 94.6 Å². The van der Waals surface area contributed by atoms with Crippen molar-refractivity contribution in [1.29, 1.82) is 0 Å². The van der Waals surface area contributed by atoms with Crippen molar-refractivity contribution in [1.82, 2.24) is 0 Å². The number of allylic oxidation sites excluding steroid dienone is 1. The molecular weight excluding hydrogens is 540 g/mol. The van der Waals surface area contributed by atoms with Crippen molar-refractivity contribution < 1.29 is 29.1 Å². The average Bonchev–Trinajstić information content (AvgIpc) is 3.03. The predicted octanol–water partition coefficient (Wildman–Crippen LogP) is 9.33. The van der Waals surface area contributed by atoms with Gasteiger partial charge in [0.15, 0.2) is 5.75 Å². The van der Waals surface area contributed by atoms with Crippen LogP contribution in [0.4, 0.5) is 0 Å². The van der Waals surface area contributed by atoms with Gasteiger partial charge in [0, 0.05) is 0 Å². The minimum absolute atomic E-state index is 0.0578. The Morgan fingerprint density at radius 3 is 1.91 bits per heavy atom. The van der Waals surface area contributed by atoms with Crippen LogP contribution in [-0.4, -0.2) is 25.8 Å². The molecule has 0 heterocycles. The fourth-order valence-electron chi connectivity index (χ4n) is 5.37. The third-order valence-electron chi connectivity index (χ3n) is 8.04. The van der Waals surface area contributed by atoms with Crippen LogP contribution in [0.3, 0.4) is 0 Å². The molecule has 0 atom stereocenters. The lowest BCUT2D eigenvalue weighted by Gasteiger charge is -2.26. The predicted molar refractivity (Wildman–Crippen MR) is 172 cm³/mol. The Kier molecular flexibility index (Phi) is 17.4. The summed E-state index contributed by atoms with van der Waals surface area (Å²) < 4.78 is 5.71. The maximum atomic E-state index is 12.8. The monoisotopic (exact) mass is 592 g/mol. The van der Waals surface area contributed by atoms with Crippen molar-refractivity contribution in [3.63, 3.8) is 0 Å². The first kappa shape index (κ1) is 34.6. The highest BCUT2D eigenvalue weighted by Gasteiger charge is 2.28. The standard InChI is InChI=1S/C37H52O6/c1-3-5-6-7-8-11-14-32-20-26-36(27-21-32)43-41-30-33-16-22-34(23-17-33)37(38)42-35-24-18-31(19-25-35)15-12-9-10-13-29-40-39-28-4-2/h3-4,18-21,24-27,33-34H,1-2,5-17,22-23,28-30H2. The number of carbonyl (C=O) groups is 1. The van der Waals surface area contributed by atoms with Crippen LogP contribution in [0.5, 0.6) is 11.5 Å². The molecule has 0 radical (unpaired) electrons. The molecule has 236 valence electrons. The third-order valence-corrected chi connectivity index (χ3v) is 8.04. The zero-order chi connectivity index (χ0) is 30.4. The SMILES string of the molecule is C=CCCCCCCc1ccc(OOCC2CCC(C(=O)Oc3ccc(CCCCCCOOCC=C)cc3)CC2)cc1. The number of hydrogen-bond acceptors (Lipinski definition) is 6. The molecule has 0 N–H and O–H groups in total. The van der Waals surface area contributed by atoms with Gasteiger partial charge in [-0.2, -0.15) is 4.89 Å². The molecule has 0 amide bonds. The van der Waals surface area contributed by atoms with Gasteiger partial charge in [-0.05, 0) is 112 Å². The topological polar surface area (TPSA) is 63.2 Å². The molecule has 1 fully saturated rings. The second-order valence-electron chi connectivity index (χ2n) is 11.6. The lowest BCUT2D eigenvalue weighted by atomic mass is 9.82. The lowest BCUT2D eigenvalue weighted by molar-refractivity contribution is -0.286. The Morgan fingerprint density at radius 2 is 1.28 bits per heavy atom. The molecule has 0 aliphatic heterocycles. The highest BCUT2D eigenvalue weighted by Crippen LogP contribution is 2.30. The first-order chi connectivity index (χ1) is 21.2. The second kappa shape index (κ2) is 21.7.